The van der Waals surface area contributed by atoms with Crippen LogP contribution in [-0.2, 0) is 22.6 Å². The highest BCUT2D eigenvalue weighted by Gasteiger charge is 2.28. The van der Waals surface area contributed by atoms with Crippen molar-refractivity contribution in [2.45, 2.75) is 46.0 Å². The van der Waals surface area contributed by atoms with Crippen LogP contribution in [0.1, 0.15) is 31.9 Å². The maximum absolute atomic E-state index is 12.4. The van der Waals surface area contributed by atoms with E-state index in [1.54, 1.807) is 0 Å². The lowest BCUT2D eigenvalue weighted by Gasteiger charge is -2.29. The van der Waals surface area contributed by atoms with Gasteiger partial charge in [-0.3, -0.25) is 9.69 Å². The molecule has 0 bridgehead atoms. The molecule has 1 amide bonds. The van der Waals surface area contributed by atoms with E-state index < -0.39 is 0 Å². The molecule has 0 saturated carbocycles. The quantitative estimate of drug-likeness (QED) is 0.800. The van der Waals surface area contributed by atoms with Crippen molar-refractivity contribution in [3.63, 3.8) is 0 Å². The average molecular weight is 319 g/mol. The molecule has 2 N–H and O–H groups in total. The highest BCUT2D eigenvalue weighted by molar-refractivity contribution is 5.82. The van der Waals surface area contributed by atoms with Crippen LogP contribution in [0.2, 0.25) is 0 Å². The molecule has 1 aromatic carbocycles. The first-order valence-corrected chi connectivity index (χ1v) is 8.57. The van der Waals surface area contributed by atoms with E-state index in [1.807, 2.05) is 13.0 Å². The number of nitrogens with one attached hydrogen (secondary N) is 2. The lowest BCUT2D eigenvalue weighted by molar-refractivity contribution is -0.129. The summed E-state index contributed by atoms with van der Waals surface area (Å²) in [6, 6.07) is 8.05. The molecule has 0 aliphatic carbocycles. The maximum Gasteiger partial charge on any atom is 0.240 e. The summed E-state index contributed by atoms with van der Waals surface area (Å²) in [6.07, 6.45) is -0.0883. The van der Waals surface area contributed by atoms with Crippen LogP contribution < -0.4 is 10.6 Å². The third-order valence-corrected chi connectivity index (χ3v) is 4.46. The number of rotatable bonds is 7. The van der Waals surface area contributed by atoms with Crippen LogP contribution in [0.15, 0.2) is 24.3 Å². The fourth-order valence-electron chi connectivity index (χ4n) is 2.89. The molecule has 5 heteroatoms. The van der Waals surface area contributed by atoms with Crippen LogP contribution >= 0.6 is 0 Å². The molecule has 5 nitrogen and oxygen atoms in total. The first-order valence-electron chi connectivity index (χ1n) is 8.57. The van der Waals surface area contributed by atoms with Gasteiger partial charge in [-0.1, -0.05) is 38.1 Å². The second-order valence-corrected chi connectivity index (χ2v) is 5.96. The fourth-order valence-corrected chi connectivity index (χ4v) is 2.89. The van der Waals surface area contributed by atoms with Crippen LogP contribution in [0.5, 0.6) is 0 Å². The molecular formula is C18H29N3O2. The van der Waals surface area contributed by atoms with E-state index in [2.05, 4.69) is 47.6 Å². The van der Waals surface area contributed by atoms with Gasteiger partial charge in [0.05, 0.1) is 12.7 Å². The standard InChI is InChI=1S/C18H29N3O2/c1-4-21(5-2)13-16-9-7-6-8-15(16)12-20-18(22)17-14(3)23-11-10-19-17/h6-9,14,17,19H,4-5,10-13H2,1-3H3,(H,20,22)/t14-,17+/m1/s1. The lowest BCUT2D eigenvalue weighted by atomic mass is 10.1. The number of hydrogen-bond donors (Lipinski definition) is 2. The molecule has 1 aliphatic heterocycles. The smallest absolute Gasteiger partial charge is 0.240 e. The Hall–Kier alpha value is -1.43. The van der Waals surface area contributed by atoms with E-state index >= 15 is 0 Å². The van der Waals surface area contributed by atoms with Crippen LogP contribution in [-0.4, -0.2) is 49.2 Å². The van der Waals surface area contributed by atoms with Crippen molar-refractivity contribution in [1.29, 1.82) is 0 Å². The van der Waals surface area contributed by atoms with E-state index in [9.17, 15) is 4.79 Å². The zero-order valence-corrected chi connectivity index (χ0v) is 14.5. The van der Waals surface area contributed by atoms with Crippen molar-refractivity contribution in [1.82, 2.24) is 15.5 Å². The molecule has 23 heavy (non-hydrogen) atoms. The predicted molar refractivity (Wildman–Crippen MR) is 92.1 cm³/mol. The summed E-state index contributed by atoms with van der Waals surface area (Å²) in [7, 11) is 0. The Bertz CT molecular complexity index is 503. The molecular weight excluding hydrogens is 290 g/mol. The number of ether oxygens (including phenoxy) is 1. The largest absolute Gasteiger partial charge is 0.375 e. The number of amides is 1. The Balaban J connectivity index is 1.96. The van der Waals surface area contributed by atoms with Gasteiger partial charge < -0.3 is 15.4 Å². The van der Waals surface area contributed by atoms with Crippen LogP contribution in [0.4, 0.5) is 0 Å². The molecule has 1 saturated heterocycles. The van der Waals surface area contributed by atoms with Crippen LogP contribution in [0, 0.1) is 0 Å². The minimum absolute atomic E-state index is 0.00911. The Morgan fingerprint density at radius 2 is 2.00 bits per heavy atom. The summed E-state index contributed by atoms with van der Waals surface area (Å²) in [4.78, 5) is 14.7. The van der Waals surface area contributed by atoms with Gasteiger partial charge in [0.2, 0.25) is 5.91 Å². The van der Waals surface area contributed by atoms with Crippen molar-refractivity contribution in [3.05, 3.63) is 35.4 Å². The maximum atomic E-state index is 12.4. The van der Waals surface area contributed by atoms with E-state index in [4.69, 9.17) is 4.74 Å². The first kappa shape index (κ1) is 17.9. The third-order valence-electron chi connectivity index (χ3n) is 4.46. The van der Waals surface area contributed by atoms with Gasteiger partial charge >= 0.3 is 0 Å². The summed E-state index contributed by atoms with van der Waals surface area (Å²) < 4.78 is 5.54. The molecule has 1 aliphatic rings. The van der Waals surface area contributed by atoms with Gasteiger partial charge in [-0.15, -0.1) is 0 Å². The molecule has 2 rings (SSSR count). The molecule has 0 aromatic heterocycles. The second kappa shape index (κ2) is 9.01. The van der Waals surface area contributed by atoms with Gasteiger partial charge in [-0.25, -0.2) is 0 Å². The Labute approximate surface area is 139 Å². The SMILES string of the molecule is CCN(CC)Cc1ccccc1CNC(=O)[C@H]1NCCO[C@@H]1C. The molecule has 0 spiro atoms. The van der Waals surface area contributed by atoms with Crippen molar-refractivity contribution in [3.8, 4) is 0 Å². The molecule has 0 radical (unpaired) electrons. The monoisotopic (exact) mass is 319 g/mol. The van der Waals surface area contributed by atoms with Crippen LogP contribution in [0.25, 0.3) is 0 Å². The summed E-state index contributed by atoms with van der Waals surface area (Å²) in [5.74, 6) is 0.00911. The number of benzene rings is 1. The van der Waals surface area contributed by atoms with Gasteiger partial charge in [0, 0.05) is 19.6 Å². The highest BCUT2D eigenvalue weighted by Crippen LogP contribution is 2.12. The molecule has 128 valence electrons. The summed E-state index contributed by atoms with van der Waals surface area (Å²) in [5.41, 5.74) is 2.45. The van der Waals surface area contributed by atoms with E-state index in [0.717, 1.165) is 26.2 Å². The zero-order chi connectivity index (χ0) is 16.7. The molecule has 1 fully saturated rings. The zero-order valence-electron chi connectivity index (χ0n) is 14.5. The lowest BCUT2D eigenvalue weighted by Crippen LogP contribution is -2.55. The van der Waals surface area contributed by atoms with E-state index in [-0.39, 0.29) is 18.1 Å². The predicted octanol–water partition coefficient (Wildman–Crippen LogP) is 1.52. The Kier molecular flexibility index (Phi) is 7.02. The van der Waals surface area contributed by atoms with E-state index in [1.165, 1.54) is 11.1 Å². The summed E-state index contributed by atoms with van der Waals surface area (Å²) in [6.45, 7) is 11.2. The first-order chi connectivity index (χ1) is 11.2. The fraction of sp³-hybridized carbons (Fsp3) is 0.611. The van der Waals surface area contributed by atoms with E-state index in [0.29, 0.717) is 13.2 Å². The second-order valence-electron chi connectivity index (χ2n) is 5.96. The third kappa shape index (κ3) is 5.03. The van der Waals surface area contributed by atoms with Gasteiger partial charge in [0.15, 0.2) is 0 Å². The van der Waals surface area contributed by atoms with Crippen molar-refractivity contribution in [2.24, 2.45) is 0 Å². The number of hydrogen-bond acceptors (Lipinski definition) is 4. The molecule has 1 heterocycles. The van der Waals surface area contributed by atoms with Gasteiger partial charge in [0.1, 0.15) is 6.04 Å². The van der Waals surface area contributed by atoms with Gasteiger partial charge in [0.25, 0.3) is 0 Å². The minimum atomic E-state index is -0.265. The van der Waals surface area contributed by atoms with Gasteiger partial charge in [-0.2, -0.15) is 0 Å². The number of nitrogens with zero attached hydrogens (tertiary/aromatic N) is 1. The highest BCUT2D eigenvalue weighted by atomic mass is 16.5. The Morgan fingerprint density at radius 1 is 1.30 bits per heavy atom. The Morgan fingerprint density at radius 3 is 2.65 bits per heavy atom. The topological polar surface area (TPSA) is 53.6 Å². The normalized spacial score (nSPS) is 21.4. The van der Waals surface area contributed by atoms with Gasteiger partial charge in [-0.05, 0) is 31.1 Å². The van der Waals surface area contributed by atoms with Crippen LogP contribution in [0.3, 0.4) is 0 Å². The number of morpholine rings is 1. The average Bonchev–Trinajstić information content (AvgIpc) is 2.58. The molecule has 1 aromatic rings. The number of carbonyl (C=O) groups is 1. The van der Waals surface area contributed by atoms with Crippen molar-refractivity contribution >= 4 is 5.91 Å². The summed E-state index contributed by atoms with van der Waals surface area (Å²) >= 11 is 0. The molecule has 2 atom stereocenters. The van der Waals surface area contributed by atoms with Crippen molar-refractivity contribution in [2.75, 3.05) is 26.2 Å². The summed E-state index contributed by atoms with van der Waals surface area (Å²) in [5, 5.41) is 6.27. The molecule has 0 unspecified atom stereocenters. The van der Waals surface area contributed by atoms with Crippen molar-refractivity contribution < 1.29 is 9.53 Å². The minimum Gasteiger partial charge on any atom is -0.375 e. The number of carbonyl (C=O) groups excluding carboxylic acids is 1.